The van der Waals surface area contributed by atoms with Gasteiger partial charge in [0.05, 0.1) is 34.4 Å². The first-order valence-corrected chi connectivity index (χ1v) is 17.2. The van der Waals surface area contributed by atoms with E-state index >= 15 is 0 Å². The van der Waals surface area contributed by atoms with Crippen LogP contribution in [0.25, 0.3) is 0 Å². The predicted octanol–water partition coefficient (Wildman–Crippen LogP) is 8.12. The molecule has 1 N–H and O–H groups in total. The topological polar surface area (TPSA) is 99.1 Å². The number of aliphatic carboxylic acids is 1. The Morgan fingerprint density at radius 2 is 1.22 bits per heavy atom. The number of carboxylic acid groups (broad SMARTS) is 1. The molecular weight excluding hydrogens is 570 g/mol. The Balaban J connectivity index is 3.99. The summed E-state index contributed by atoms with van der Waals surface area (Å²) in [6.45, 7) is 4.03. The summed E-state index contributed by atoms with van der Waals surface area (Å²) >= 11 is 0. The fourth-order valence-corrected chi connectivity index (χ4v) is 4.59. The Kier molecular flexibility index (Phi) is 27.0. The minimum Gasteiger partial charge on any atom is -0.477 e. The van der Waals surface area contributed by atoms with Gasteiger partial charge < -0.3 is 23.8 Å². The fraction of sp³-hybridized carbons (Fsp3) is 0.703. The molecule has 0 saturated heterocycles. The highest BCUT2D eigenvalue weighted by Gasteiger charge is 2.31. The number of carboxylic acids is 1. The van der Waals surface area contributed by atoms with Crippen LogP contribution in [-0.2, 0) is 28.6 Å². The van der Waals surface area contributed by atoms with E-state index in [4.69, 9.17) is 14.2 Å². The number of likely N-dealkylation sites (N-methyl/N-ethyl adjacent to an activating group) is 1. The number of hydrogen-bond donors (Lipinski definition) is 1. The van der Waals surface area contributed by atoms with Crippen molar-refractivity contribution in [3.05, 3.63) is 48.6 Å². The van der Waals surface area contributed by atoms with E-state index in [9.17, 15) is 19.5 Å². The molecule has 0 aliphatic heterocycles. The van der Waals surface area contributed by atoms with Crippen LogP contribution in [0.15, 0.2) is 48.6 Å². The third-order valence-electron chi connectivity index (χ3n) is 7.30. The van der Waals surface area contributed by atoms with Crippen molar-refractivity contribution < 1.29 is 38.2 Å². The zero-order valence-electron chi connectivity index (χ0n) is 29.1. The van der Waals surface area contributed by atoms with Crippen molar-refractivity contribution in [1.82, 2.24) is 0 Å². The lowest BCUT2D eigenvalue weighted by Crippen LogP contribution is -2.50. The molecular formula is C37H64NO7+. The molecule has 0 aromatic heterocycles. The van der Waals surface area contributed by atoms with Gasteiger partial charge in [-0.3, -0.25) is 9.59 Å². The summed E-state index contributed by atoms with van der Waals surface area (Å²) in [5, 5.41) is 9.46. The van der Waals surface area contributed by atoms with Gasteiger partial charge in [0.15, 0.2) is 12.1 Å². The maximum Gasteiger partial charge on any atom is 0.362 e. The summed E-state index contributed by atoms with van der Waals surface area (Å²) in [5.74, 6) is -1.59. The van der Waals surface area contributed by atoms with Crippen molar-refractivity contribution in [1.29, 1.82) is 0 Å². The van der Waals surface area contributed by atoms with Crippen LogP contribution < -0.4 is 0 Å². The monoisotopic (exact) mass is 634 g/mol. The lowest BCUT2D eigenvalue weighted by atomic mass is 10.1. The number of esters is 2. The van der Waals surface area contributed by atoms with E-state index in [1.165, 1.54) is 32.1 Å². The molecule has 2 unspecified atom stereocenters. The van der Waals surface area contributed by atoms with Gasteiger partial charge in [-0.15, -0.1) is 0 Å². The number of hydrogen-bond acceptors (Lipinski definition) is 6. The van der Waals surface area contributed by atoms with Crippen LogP contribution in [0.3, 0.4) is 0 Å². The number of nitrogens with zero attached hydrogens (tertiary/aromatic N) is 1. The van der Waals surface area contributed by atoms with E-state index in [1.807, 2.05) is 21.1 Å². The van der Waals surface area contributed by atoms with Crippen LogP contribution in [0.1, 0.15) is 117 Å². The number of allylic oxidation sites excluding steroid dienone is 8. The summed E-state index contributed by atoms with van der Waals surface area (Å²) < 4.78 is 16.6. The highest BCUT2D eigenvalue weighted by atomic mass is 16.6. The molecule has 8 nitrogen and oxygen atoms in total. The molecule has 8 heteroatoms. The van der Waals surface area contributed by atoms with E-state index in [2.05, 4.69) is 55.5 Å². The number of rotatable bonds is 29. The highest BCUT2D eigenvalue weighted by Crippen LogP contribution is 2.13. The minimum atomic E-state index is -0.885. The van der Waals surface area contributed by atoms with E-state index in [-0.39, 0.29) is 42.7 Å². The quantitative estimate of drug-likeness (QED) is 0.0384. The van der Waals surface area contributed by atoms with Crippen molar-refractivity contribution in [2.75, 3.05) is 41.0 Å². The molecule has 0 aliphatic carbocycles. The van der Waals surface area contributed by atoms with E-state index < -0.39 is 18.1 Å². The summed E-state index contributed by atoms with van der Waals surface area (Å²) in [5.41, 5.74) is 0. The van der Waals surface area contributed by atoms with E-state index in [1.54, 1.807) is 6.92 Å². The summed E-state index contributed by atoms with van der Waals surface area (Å²) in [6, 6.07) is -0.611. The second kappa shape index (κ2) is 28.7. The fourth-order valence-electron chi connectivity index (χ4n) is 4.59. The van der Waals surface area contributed by atoms with Crippen molar-refractivity contribution in [3.63, 3.8) is 0 Å². The Morgan fingerprint density at radius 3 is 1.76 bits per heavy atom. The van der Waals surface area contributed by atoms with Crippen LogP contribution in [-0.4, -0.2) is 80.6 Å². The Morgan fingerprint density at radius 1 is 0.689 bits per heavy atom. The van der Waals surface area contributed by atoms with Gasteiger partial charge in [0.1, 0.15) is 6.61 Å². The molecule has 0 fully saturated rings. The Hall–Kier alpha value is -2.71. The van der Waals surface area contributed by atoms with Crippen LogP contribution in [0.4, 0.5) is 0 Å². The van der Waals surface area contributed by atoms with Gasteiger partial charge in [0, 0.05) is 19.3 Å². The molecule has 0 rings (SSSR count). The van der Waals surface area contributed by atoms with E-state index in [0.29, 0.717) is 12.8 Å². The molecule has 0 heterocycles. The van der Waals surface area contributed by atoms with Gasteiger partial charge >= 0.3 is 17.9 Å². The number of carbonyl (C=O) groups excluding carboxylic acids is 2. The Labute approximate surface area is 274 Å². The molecule has 0 aliphatic rings. The first-order chi connectivity index (χ1) is 21.6. The number of quaternary nitrogens is 1. The molecule has 0 bridgehead atoms. The average molecular weight is 635 g/mol. The zero-order chi connectivity index (χ0) is 33.6. The SMILES string of the molecule is CC/C=C\C/C=C\C/C=C\C/C=C\CCCCCCCCCCC(=O)OC(COCCC(C(=O)O)[N+](C)(C)C)COC(=O)CC. The Bertz CT molecular complexity index is 886. The molecule has 0 spiro atoms. The third kappa shape index (κ3) is 27.3. The van der Waals surface area contributed by atoms with Gasteiger partial charge in [-0.25, -0.2) is 4.79 Å². The molecule has 0 saturated carbocycles. The summed E-state index contributed by atoms with van der Waals surface area (Å²) in [7, 11) is 5.47. The van der Waals surface area contributed by atoms with Crippen LogP contribution in [0.2, 0.25) is 0 Å². The zero-order valence-corrected chi connectivity index (χ0v) is 29.1. The first kappa shape index (κ1) is 42.3. The number of ether oxygens (including phenoxy) is 3. The molecule has 0 aromatic rings. The van der Waals surface area contributed by atoms with E-state index in [0.717, 1.165) is 51.4 Å². The van der Waals surface area contributed by atoms with Gasteiger partial charge in [-0.2, -0.15) is 0 Å². The normalized spacial score (nSPS) is 13.7. The lowest BCUT2D eigenvalue weighted by molar-refractivity contribution is -0.887. The third-order valence-corrected chi connectivity index (χ3v) is 7.30. The van der Waals surface area contributed by atoms with Crippen molar-refractivity contribution in [3.8, 4) is 0 Å². The highest BCUT2D eigenvalue weighted by molar-refractivity contribution is 5.72. The average Bonchev–Trinajstić information content (AvgIpc) is 2.99. The standard InChI is InChI=1S/C37H63NO7/c1-6-8-9-10-11-12-13-14-15-16-17-18-19-20-21-22-23-24-25-26-27-28-36(40)45-33(32-44-35(39)7-2)31-43-30-29-34(37(41)42)38(3,4)5/h8-9,11-12,14-15,17-18,33-34H,6-7,10,13,16,19-32H2,1-5H3/p+1/b9-8-,12-11-,15-14-,18-17-. The van der Waals surface area contributed by atoms with Crippen molar-refractivity contribution >= 4 is 17.9 Å². The number of carbonyl (C=O) groups is 3. The molecule has 0 radical (unpaired) electrons. The first-order valence-electron chi connectivity index (χ1n) is 17.2. The second-order valence-electron chi connectivity index (χ2n) is 12.4. The minimum absolute atomic E-state index is 0.0501. The second-order valence-corrected chi connectivity index (χ2v) is 12.4. The van der Waals surface area contributed by atoms with Crippen LogP contribution in [0.5, 0.6) is 0 Å². The summed E-state index contributed by atoms with van der Waals surface area (Å²) in [4.78, 5) is 35.6. The molecule has 0 amide bonds. The lowest BCUT2D eigenvalue weighted by Gasteiger charge is -2.31. The maximum atomic E-state index is 12.4. The number of unbranched alkanes of at least 4 members (excludes halogenated alkanes) is 8. The molecule has 2 atom stereocenters. The van der Waals surface area contributed by atoms with Gasteiger partial charge in [0.2, 0.25) is 0 Å². The van der Waals surface area contributed by atoms with Crippen molar-refractivity contribution in [2.45, 2.75) is 129 Å². The van der Waals surface area contributed by atoms with Crippen LogP contribution >= 0.6 is 0 Å². The predicted molar refractivity (Wildman–Crippen MR) is 183 cm³/mol. The van der Waals surface area contributed by atoms with Crippen molar-refractivity contribution in [2.24, 2.45) is 0 Å². The largest absolute Gasteiger partial charge is 0.477 e. The smallest absolute Gasteiger partial charge is 0.362 e. The van der Waals surface area contributed by atoms with Gasteiger partial charge in [0.25, 0.3) is 0 Å². The summed E-state index contributed by atoms with van der Waals surface area (Å²) in [6.07, 6.45) is 32.2. The van der Waals surface area contributed by atoms with Gasteiger partial charge in [-0.05, 0) is 44.9 Å². The molecule has 258 valence electrons. The van der Waals surface area contributed by atoms with Gasteiger partial charge in [-0.1, -0.05) is 101 Å². The maximum absolute atomic E-state index is 12.4. The molecule has 0 aromatic carbocycles. The molecule has 45 heavy (non-hydrogen) atoms. The van der Waals surface area contributed by atoms with Crippen LogP contribution in [0, 0.1) is 0 Å².